The molecule has 1 aliphatic heterocycles. The van der Waals surface area contributed by atoms with Crippen LogP contribution in [0.1, 0.15) is 26.7 Å². The van der Waals surface area contributed by atoms with Crippen molar-refractivity contribution >= 4 is 17.7 Å². The van der Waals surface area contributed by atoms with Crippen LogP contribution in [0.5, 0.6) is 0 Å². The first-order chi connectivity index (χ1) is 7.63. The van der Waals surface area contributed by atoms with E-state index < -0.39 is 0 Å². The summed E-state index contributed by atoms with van der Waals surface area (Å²) in [5, 5.41) is -0.0350. The van der Waals surface area contributed by atoms with E-state index in [9.17, 15) is 4.79 Å². The van der Waals surface area contributed by atoms with E-state index in [1.54, 1.807) is 11.8 Å². The zero-order valence-electron chi connectivity index (χ0n) is 10.6. The largest absolute Gasteiger partial charge is 0.468 e. The molecule has 16 heavy (non-hydrogen) atoms. The SMILES string of the molecule is COC(=O)[C@H](C)SCCN1CCC[C@H](C)C1. The van der Waals surface area contributed by atoms with Gasteiger partial charge in [-0.05, 0) is 32.2 Å². The smallest absolute Gasteiger partial charge is 0.318 e. The highest BCUT2D eigenvalue weighted by molar-refractivity contribution is 8.00. The van der Waals surface area contributed by atoms with Gasteiger partial charge in [-0.25, -0.2) is 0 Å². The van der Waals surface area contributed by atoms with Gasteiger partial charge < -0.3 is 9.64 Å². The lowest BCUT2D eigenvalue weighted by Crippen LogP contribution is -2.36. The summed E-state index contributed by atoms with van der Waals surface area (Å²) in [5.41, 5.74) is 0. The number of nitrogens with zero attached hydrogens (tertiary/aromatic N) is 1. The molecule has 1 saturated heterocycles. The van der Waals surface area contributed by atoms with Crippen LogP contribution >= 0.6 is 11.8 Å². The quantitative estimate of drug-likeness (QED) is 0.693. The van der Waals surface area contributed by atoms with Gasteiger partial charge in [-0.2, -0.15) is 0 Å². The van der Waals surface area contributed by atoms with E-state index in [2.05, 4.69) is 11.8 Å². The number of hydrogen-bond acceptors (Lipinski definition) is 4. The van der Waals surface area contributed by atoms with Crippen LogP contribution in [0.15, 0.2) is 0 Å². The molecule has 0 unspecified atom stereocenters. The predicted octanol–water partition coefficient (Wildman–Crippen LogP) is 2.01. The summed E-state index contributed by atoms with van der Waals surface area (Å²) >= 11 is 1.69. The number of likely N-dealkylation sites (tertiary alicyclic amines) is 1. The molecule has 1 fully saturated rings. The van der Waals surface area contributed by atoms with Crippen molar-refractivity contribution in [2.75, 3.05) is 32.5 Å². The number of esters is 1. The minimum absolute atomic E-state index is 0.0350. The Morgan fingerprint density at radius 1 is 1.62 bits per heavy atom. The van der Waals surface area contributed by atoms with Gasteiger partial charge in [-0.3, -0.25) is 4.79 Å². The highest BCUT2D eigenvalue weighted by Crippen LogP contribution is 2.17. The molecule has 1 rings (SSSR count). The molecule has 1 aliphatic rings. The Balaban J connectivity index is 2.12. The molecule has 0 saturated carbocycles. The maximum atomic E-state index is 11.2. The van der Waals surface area contributed by atoms with Crippen molar-refractivity contribution in [2.24, 2.45) is 5.92 Å². The lowest BCUT2D eigenvalue weighted by molar-refractivity contribution is -0.139. The predicted molar refractivity (Wildman–Crippen MR) is 68.8 cm³/mol. The van der Waals surface area contributed by atoms with E-state index in [1.165, 1.54) is 33.0 Å². The van der Waals surface area contributed by atoms with Gasteiger partial charge in [0.15, 0.2) is 0 Å². The lowest BCUT2D eigenvalue weighted by Gasteiger charge is -2.30. The zero-order valence-corrected chi connectivity index (χ0v) is 11.4. The van der Waals surface area contributed by atoms with Crippen LogP contribution in [0.25, 0.3) is 0 Å². The van der Waals surface area contributed by atoms with Crippen LogP contribution in [0.4, 0.5) is 0 Å². The third-order valence-corrected chi connectivity index (χ3v) is 4.16. The molecule has 4 heteroatoms. The standard InChI is InChI=1S/C12H23NO2S/c1-10-5-4-6-13(9-10)7-8-16-11(2)12(14)15-3/h10-11H,4-9H2,1-3H3/t10-,11-/m0/s1. The van der Waals surface area contributed by atoms with Gasteiger partial charge in [-0.1, -0.05) is 6.92 Å². The Hall–Kier alpha value is -0.220. The van der Waals surface area contributed by atoms with E-state index in [1.807, 2.05) is 6.92 Å². The van der Waals surface area contributed by atoms with E-state index in [-0.39, 0.29) is 11.2 Å². The van der Waals surface area contributed by atoms with E-state index in [0.717, 1.165) is 18.2 Å². The molecule has 0 aromatic rings. The molecule has 1 heterocycles. The third-order valence-electron chi connectivity index (χ3n) is 3.05. The number of piperidine rings is 1. The third kappa shape index (κ3) is 4.74. The van der Waals surface area contributed by atoms with Crippen molar-refractivity contribution in [3.63, 3.8) is 0 Å². The zero-order chi connectivity index (χ0) is 12.0. The Labute approximate surface area is 103 Å². The fourth-order valence-electron chi connectivity index (χ4n) is 2.08. The Morgan fingerprint density at radius 3 is 3.00 bits per heavy atom. The molecule has 0 aliphatic carbocycles. The van der Waals surface area contributed by atoms with Gasteiger partial charge >= 0.3 is 5.97 Å². The maximum absolute atomic E-state index is 11.2. The monoisotopic (exact) mass is 245 g/mol. The first-order valence-corrected chi connectivity index (χ1v) is 7.10. The average Bonchev–Trinajstić information content (AvgIpc) is 2.28. The van der Waals surface area contributed by atoms with E-state index in [4.69, 9.17) is 4.74 Å². The molecule has 0 aromatic heterocycles. The van der Waals surface area contributed by atoms with Crippen LogP contribution in [-0.4, -0.2) is 48.6 Å². The van der Waals surface area contributed by atoms with Crippen LogP contribution in [0.2, 0.25) is 0 Å². The Kier molecular flexibility index (Phi) is 6.21. The molecule has 3 nitrogen and oxygen atoms in total. The van der Waals surface area contributed by atoms with Gasteiger partial charge in [0.25, 0.3) is 0 Å². The number of rotatable bonds is 5. The van der Waals surface area contributed by atoms with Crippen molar-refractivity contribution in [3.8, 4) is 0 Å². The van der Waals surface area contributed by atoms with Gasteiger partial charge in [0.05, 0.1) is 12.4 Å². The molecule has 0 amide bonds. The van der Waals surface area contributed by atoms with E-state index in [0.29, 0.717) is 0 Å². The van der Waals surface area contributed by atoms with Gasteiger partial charge in [0.2, 0.25) is 0 Å². The Morgan fingerprint density at radius 2 is 2.38 bits per heavy atom. The normalized spacial score (nSPS) is 24.1. The molecular weight excluding hydrogens is 222 g/mol. The van der Waals surface area contributed by atoms with Crippen molar-refractivity contribution in [1.29, 1.82) is 0 Å². The topological polar surface area (TPSA) is 29.5 Å². The van der Waals surface area contributed by atoms with Crippen molar-refractivity contribution in [2.45, 2.75) is 31.9 Å². The highest BCUT2D eigenvalue weighted by Gasteiger charge is 2.17. The first-order valence-electron chi connectivity index (χ1n) is 6.05. The van der Waals surface area contributed by atoms with Gasteiger partial charge in [0.1, 0.15) is 0 Å². The summed E-state index contributed by atoms with van der Waals surface area (Å²) in [6, 6.07) is 0. The molecular formula is C12H23NO2S. The van der Waals surface area contributed by atoms with Crippen molar-refractivity contribution < 1.29 is 9.53 Å². The molecule has 0 radical (unpaired) electrons. The van der Waals surface area contributed by atoms with Crippen LogP contribution < -0.4 is 0 Å². The maximum Gasteiger partial charge on any atom is 0.318 e. The molecule has 0 spiro atoms. The average molecular weight is 245 g/mol. The molecule has 2 atom stereocenters. The summed E-state index contributed by atoms with van der Waals surface area (Å²) in [6.07, 6.45) is 2.68. The summed E-state index contributed by atoms with van der Waals surface area (Å²) in [5.74, 6) is 1.73. The number of thioether (sulfide) groups is 1. The van der Waals surface area contributed by atoms with Crippen molar-refractivity contribution in [3.05, 3.63) is 0 Å². The number of hydrogen-bond donors (Lipinski definition) is 0. The van der Waals surface area contributed by atoms with Gasteiger partial charge in [0, 0.05) is 18.8 Å². The second-order valence-corrected chi connectivity index (χ2v) is 6.03. The summed E-state index contributed by atoms with van der Waals surface area (Å²) in [6.45, 7) is 7.76. The Bertz CT molecular complexity index is 223. The molecule has 0 N–H and O–H groups in total. The number of methoxy groups -OCH3 is 1. The van der Waals surface area contributed by atoms with Crippen LogP contribution in [0.3, 0.4) is 0 Å². The van der Waals surface area contributed by atoms with Crippen LogP contribution in [0, 0.1) is 5.92 Å². The summed E-state index contributed by atoms with van der Waals surface area (Å²) in [4.78, 5) is 13.7. The highest BCUT2D eigenvalue weighted by atomic mass is 32.2. The fourth-order valence-corrected chi connectivity index (χ4v) is 3.03. The van der Waals surface area contributed by atoms with E-state index >= 15 is 0 Å². The minimum Gasteiger partial charge on any atom is -0.468 e. The number of carbonyl (C=O) groups is 1. The number of ether oxygens (including phenoxy) is 1. The minimum atomic E-state index is -0.114. The number of carbonyl (C=O) groups excluding carboxylic acids is 1. The molecule has 0 aromatic carbocycles. The second-order valence-electron chi connectivity index (χ2n) is 4.58. The molecule has 0 bridgehead atoms. The van der Waals surface area contributed by atoms with Crippen LogP contribution in [-0.2, 0) is 9.53 Å². The summed E-state index contributed by atoms with van der Waals surface area (Å²) < 4.78 is 4.70. The van der Waals surface area contributed by atoms with Crippen molar-refractivity contribution in [1.82, 2.24) is 4.90 Å². The molecule has 94 valence electrons. The first kappa shape index (κ1) is 13.8. The fraction of sp³-hybridized carbons (Fsp3) is 0.917. The lowest BCUT2D eigenvalue weighted by atomic mass is 10.0. The van der Waals surface area contributed by atoms with Gasteiger partial charge in [-0.15, -0.1) is 11.8 Å². The second kappa shape index (κ2) is 7.17. The summed E-state index contributed by atoms with van der Waals surface area (Å²) in [7, 11) is 1.45.